The number of rotatable bonds is 4. The van der Waals surface area contributed by atoms with E-state index in [2.05, 4.69) is 46.7 Å². The van der Waals surface area contributed by atoms with Gasteiger partial charge in [-0.1, -0.05) is 11.8 Å². The molecule has 2 unspecified atom stereocenters. The summed E-state index contributed by atoms with van der Waals surface area (Å²) in [4.78, 5) is 18.2. The zero-order valence-electron chi connectivity index (χ0n) is 12.9. The smallest absolute Gasteiger partial charge is 0.189 e. The van der Waals surface area contributed by atoms with Crippen LogP contribution in [0.5, 0.6) is 0 Å². The highest BCUT2D eigenvalue weighted by Gasteiger charge is 2.45. The third-order valence-corrected chi connectivity index (χ3v) is 5.50. The molecule has 0 radical (unpaired) electrons. The molecule has 5 nitrogen and oxygen atoms in total. The van der Waals surface area contributed by atoms with Crippen LogP contribution < -0.4 is 4.90 Å². The Labute approximate surface area is 148 Å². The van der Waals surface area contributed by atoms with E-state index in [0.29, 0.717) is 12.1 Å². The molecule has 23 heavy (non-hydrogen) atoms. The summed E-state index contributed by atoms with van der Waals surface area (Å²) >= 11 is 5.09. The predicted octanol–water partition coefficient (Wildman–Crippen LogP) is 2.82. The van der Waals surface area contributed by atoms with Crippen LogP contribution in [0.4, 0.5) is 5.82 Å². The molecule has 3 saturated heterocycles. The number of halogens is 1. The van der Waals surface area contributed by atoms with Crippen molar-refractivity contribution in [2.24, 2.45) is 0 Å². The summed E-state index contributed by atoms with van der Waals surface area (Å²) in [5, 5.41) is 0.851. The van der Waals surface area contributed by atoms with Crippen LogP contribution in [-0.4, -0.2) is 51.3 Å². The first kappa shape index (κ1) is 15.4. The van der Waals surface area contributed by atoms with Crippen LogP contribution in [0, 0.1) is 0 Å². The van der Waals surface area contributed by atoms with Crippen LogP contribution in [0.2, 0.25) is 0 Å². The van der Waals surface area contributed by atoms with Crippen molar-refractivity contribution in [3.05, 3.63) is 40.8 Å². The molecule has 3 fully saturated rings. The average Bonchev–Trinajstić information content (AvgIpc) is 2.55. The molecule has 2 aromatic rings. The summed E-state index contributed by atoms with van der Waals surface area (Å²) < 4.78 is 1.05. The van der Waals surface area contributed by atoms with Crippen molar-refractivity contribution in [3.63, 3.8) is 0 Å². The minimum Gasteiger partial charge on any atom is -0.348 e. The highest BCUT2D eigenvalue weighted by Crippen LogP contribution is 2.36. The van der Waals surface area contributed by atoms with Gasteiger partial charge in [0.15, 0.2) is 5.16 Å². The predicted molar refractivity (Wildman–Crippen MR) is 95.7 cm³/mol. The summed E-state index contributed by atoms with van der Waals surface area (Å²) in [6, 6.07) is 5.32. The van der Waals surface area contributed by atoms with Gasteiger partial charge in [-0.2, -0.15) is 0 Å². The fourth-order valence-corrected chi connectivity index (χ4v) is 4.34. The third kappa shape index (κ3) is 3.09. The van der Waals surface area contributed by atoms with Gasteiger partial charge >= 0.3 is 0 Å². The number of thioether (sulfide) groups is 1. The molecule has 0 aromatic carbocycles. The second kappa shape index (κ2) is 6.37. The zero-order chi connectivity index (χ0) is 15.8. The maximum atomic E-state index is 4.66. The summed E-state index contributed by atoms with van der Waals surface area (Å²) in [5.74, 6) is 1.08. The van der Waals surface area contributed by atoms with Gasteiger partial charge in [-0.3, -0.25) is 9.88 Å². The quantitative estimate of drug-likeness (QED) is 0.589. The summed E-state index contributed by atoms with van der Waals surface area (Å²) in [7, 11) is 0. The maximum Gasteiger partial charge on any atom is 0.189 e. The summed E-state index contributed by atoms with van der Waals surface area (Å²) in [6.07, 6.45) is 8.94. The van der Waals surface area contributed by atoms with Gasteiger partial charge in [0.05, 0.1) is 0 Å². The Morgan fingerprint density at radius 2 is 2.13 bits per heavy atom. The lowest BCUT2D eigenvalue weighted by Gasteiger charge is -2.57. The summed E-state index contributed by atoms with van der Waals surface area (Å²) in [6.45, 7) is 3.14. The van der Waals surface area contributed by atoms with E-state index in [4.69, 9.17) is 0 Å². The summed E-state index contributed by atoms with van der Waals surface area (Å²) in [5.41, 5.74) is 1.26. The molecule has 120 valence electrons. The molecule has 0 spiro atoms. The van der Waals surface area contributed by atoms with Gasteiger partial charge in [0, 0.05) is 54.8 Å². The standard InChI is InChI=1S/C16H18BrN5S/c1-23-16-19-3-2-15(20-16)22-13-5-14(22)10-21(9-13)8-11-4-12(17)7-18-6-11/h2-4,6-7,13-14H,5,8-10H2,1H3. The van der Waals surface area contributed by atoms with E-state index >= 15 is 0 Å². The number of hydrogen-bond donors (Lipinski definition) is 0. The van der Waals surface area contributed by atoms with Crippen molar-refractivity contribution >= 4 is 33.5 Å². The Balaban J connectivity index is 1.44. The van der Waals surface area contributed by atoms with Gasteiger partial charge in [0.25, 0.3) is 0 Å². The zero-order valence-corrected chi connectivity index (χ0v) is 15.3. The number of piperidine rings is 1. The van der Waals surface area contributed by atoms with E-state index in [1.54, 1.807) is 11.8 Å². The second-order valence-corrected chi connectivity index (χ2v) is 7.75. The van der Waals surface area contributed by atoms with Crippen molar-refractivity contribution in [3.8, 4) is 0 Å². The number of hydrogen-bond acceptors (Lipinski definition) is 6. The van der Waals surface area contributed by atoms with Gasteiger partial charge in [0.1, 0.15) is 5.82 Å². The topological polar surface area (TPSA) is 45.2 Å². The highest BCUT2D eigenvalue weighted by molar-refractivity contribution is 9.10. The first-order chi connectivity index (χ1) is 11.2. The van der Waals surface area contributed by atoms with E-state index in [1.165, 1.54) is 12.0 Å². The molecule has 0 N–H and O–H groups in total. The lowest BCUT2D eigenvalue weighted by molar-refractivity contribution is 0.107. The van der Waals surface area contributed by atoms with E-state index in [1.807, 2.05) is 30.9 Å². The van der Waals surface area contributed by atoms with Crippen LogP contribution in [0.15, 0.2) is 40.4 Å². The Morgan fingerprint density at radius 1 is 1.30 bits per heavy atom. The lowest BCUT2D eigenvalue weighted by atomic mass is 9.87. The number of anilines is 1. The van der Waals surface area contributed by atoms with Crippen LogP contribution in [-0.2, 0) is 6.54 Å². The number of piperazine rings is 1. The minimum atomic E-state index is 0.568. The number of fused-ring (bicyclic) bond motifs is 2. The maximum absolute atomic E-state index is 4.66. The van der Waals surface area contributed by atoms with Gasteiger partial charge < -0.3 is 4.90 Å². The molecule has 7 heteroatoms. The molecule has 0 amide bonds. The molecular formula is C16H18BrN5S. The largest absolute Gasteiger partial charge is 0.348 e. The van der Waals surface area contributed by atoms with Gasteiger partial charge in [-0.05, 0) is 46.3 Å². The Kier molecular flexibility index (Phi) is 4.26. The van der Waals surface area contributed by atoms with Crippen molar-refractivity contribution in [2.45, 2.75) is 30.2 Å². The van der Waals surface area contributed by atoms with Crippen LogP contribution in [0.1, 0.15) is 12.0 Å². The Hall–Kier alpha value is -1.18. The van der Waals surface area contributed by atoms with Crippen molar-refractivity contribution in [1.29, 1.82) is 0 Å². The molecule has 2 aromatic heterocycles. The monoisotopic (exact) mass is 391 g/mol. The number of aromatic nitrogens is 3. The van der Waals surface area contributed by atoms with E-state index in [0.717, 1.165) is 35.1 Å². The SMILES string of the molecule is CSc1nccc(N2C3CC2CN(Cc2cncc(Br)c2)C3)n1. The van der Waals surface area contributed by atoms with Crippen LogP contribution >= 0.6 is 27.7 Å². The molecular weight excluding hydrogens is 374 g/mol. The fourth-order valence-electron chi connectivity index (χ4n) is 3.57. The Bertz CT molecular complexity index is 700. The van der Waals surface area contributed by atoms with Crippen molar-refractivity contribution in [1.82, 2.24) is 19.9 Å². The average molecular weight is 392 g/mol. The van der Waals surface area contributed by atoms with E-state index in [9.17, 15) is 0 Å². The fraction of sp³-hybridized carbons (Fsp3) is 0.438. The number of nitrogens with zero attached hydrogens (tertiary/aromatic N) is 5. The molecule has 2 bridgehead atoms. The molecule has 0 aliphatic carbocycles. The van der Waals surface area contributed by atoms with E-state index in [-0.39, 0.29) is 0 Å². The normalized spacial score (nSPS) is 23.7. The van der Waals surface area contributed by atoms with Crippen LogP contribution in [0.25, 0.3) is 0 Å². The van der Waals surface area contributed by atoms with Gasteiger partial charge in [0.2, 0.25) is 0 Å². The highest BCUT2D eigenvalue weighted by atomic mass is 79.9. The number of pyridine rings is 1. The molecule has 3 aliphatic heterocycles. The first-order valence-corrected chi connectivity index (χ1v) is 9.72. The van der Waals surface area contributed by atoms with Gasteiger partial charge in [-0.25, -0.2) is 9.97 Å². The van der Waals surface area contributed by atoms with Crippen molar-refractivity contribution in [2.75, 3.05) is 24.2 Å². The second-order valence-electron chi connectivity index (χ2n) is 6.06. The lowest BCUT2D eigenvalue weighted by Crippen LogP contribution is -2.69. The molecule has 2 atom stereocenters. The van der Waals surface area contributed by atoms with Crippen LogP contribution in [0.3, 0.4) is 0 Å². The van der Waals surface area contributed by atoms with Gasteiger partial charge in [-0.15, -0.1) is 0 Å². The first-order valence-electron chi connectivity index (χ1n) is 7.70. The van der Waals surface area contributed by atoms with E-state index < -0.39 is 0 Å². The molecule has 5 rings (SSSR count). The Morgan fingerprint density at radius 3 is 2.87 bits per heavy atom. The molecule has 0 saturated carbocycles. The molecule has 5 heterocycles. The minimum absolute atomic E-state index is 0.568. The molecule has 3 aliphatic rings. The van der Waals surface area contributed by atoms with Crippen molar-refractivity contribution < 1.29 is 0 Å². The third-order valence-electron chi connectivity index (χ3n) is 4.50.